The summed E-state index contributed by atoms with van der Waals surface area (Å²) in [6, 6.07) is 13.3. The molecule has 2 unspecified atom stereocenters. The van der Waals surface area contributed by atoms with Gasteiger partial charge >= 0.3 is 0 Å². The van der Waals surface area contributed by atoms with Crippen LogP contribution in [0.4, 0.5) is 10.1 Å². The van der Waals surface area contributed by atoms with Crippen LogP contribution >= 0.6 is 0 Å². The Hall–Kier alpha value is -2.25. The van der Waals surface area contributed by atoms with Crippen LogP contribution in [0.2, 0.25) is 0 Å². The van der Waals surface area contributed by atoms with E-state index in [1.54, 1.807) is 17.0 Å². The van der Waals surface area contributed by atoms with Gasteiger partial charge in [0.05, 0.1) is 24.1 Å². The van der Waals surface area contributed by atoms with Crippen molar-refractivity contribution in [1.82, 2.24) is 4.90 Å². The number of aryl methyl sites for hydroxylation is 1. The van der Waals surface area contributed by atoms with Crippen molar-refractivity contribution in [3.8, 4) is 0 Å². The number of carbonyl (C=O) groups is 1. The van der Waals surface area contributed by atoms with Crippen LogP contribution < -0.4 is 4.90 Å². The summed E-state index contributed by atoms with van der Waals surface area (Å²) in [6.45, 7) is 2.73. The van der Waals surface area contributed by atoms with Crippen LogP contribution in [0, 0.1) is 12.7 Å². The van der Waals surface area contributed by atoms with Crippen molar-refractivity contribution in [1.29, 1.82) is 0 Å². The van der Waals surface area contributed by atoms with E-state index in [1.165, 1.54) is 12.1 Å². The summed E-state index contributed by atoms with van der Waals surface area (Å²) >= 11 is 0. The molecule has 2 heterocycles. The molecule has 148 valence electrons. The second-order valence-electron chi connectivity index (χ2n) is 7.66. The number of anilines is 1. The molecule has 2 aromatic carbocycles. The van der Waals surface area contributed by atoms with Gasteiger partial charge < -0.3 is 4.90 Å². The molecule has 0 spiro atoms. The number of rotatable bonds is 4. The lowest BCUT2D eigenvalue weighted by molar-refractivity contribution is -0.123. The second-order valence-corrected chi connectivity index (χ2v) is 9.81. The number of sulfone groups is 1. The van der Waals surface area contributed by atoms with E-state index in [-0.39, 0.29) is 41.9 Å². The zero-order valence-electron chi connectivity index (χ0n) is 15.7. The van der Waals surface area contributed by atoms with E-state index >= 15 is 0 Å². The molecule has 0 aliphatic carbocycles. The van der Waals surface area contributed by atoms with Crippen molar-refractivity contribution in [2.24, 2.45) is 0 Å². The van der Waals surface area contributed by atoms with E-state index in [2.05, 4.69) is 0 Å². The van der Waals surface area contributed by atoms with Crippen molar-refractivity contribution in [2.75, 3.05) is 29.5 Å². The third-order valence-electron chi connectivity index (χ3n) is 5.61. The zero-order valence-corrected chi connectivity index (χ0v) is 16.5. The Balaban J connectivity index is 1.57. The first-order chi connectivity index (χ1) is 13.3. The summed E-state index contributed by atoms with van der Waals surface area (Å²) in [4.78, 5) is 16.6. The maximum absolute atomic E-state index is 13.1. The van der Waals surface area contributed by atoms with Crippen LogP contribution in [0.15, 0.2) is 48.5 Å². The summed E-state index contributed by atoms with van der Waals surface area (Å²) in [6.07, 6.45) is 0.640. The molecule has 0 bridgehead atoms. The van der Waals surface area contributed by atoms with Crippen LogP contribution in [-0.4, -0.2) is 55.9 Å². The number of carbonyl (C=O) groups excluding carboxylic acids is 1. The Kier molecular flexibility index (Phi) is 4.97. The quantitative estimate of drug-likeness (QED) is 0.787. The molecule has 2 aliphatic heterocycles. The van der Waals surface area contributed by atoms with Crippen LogP contribution in [0.3, 0.4) is 0 Å². The van der Waals surface area contributed by atoms with Crippen molar-refractivity contribution in [3.63, 3.8) is 0 Å². The fraction of sp³-hybridized carbons (Fsp3) is 0.381. The van der Waals surface area contributed by atoms with Gasteiger partial charge in [-0.1, -0.05) is 29.8 Å². The standard InChI is InChI=1S/C21H23FN2O3S/c1-15-2-8-18(9-3-15)24-20-14-28(26,27)13-19(20)23(12-21(24)25)11-10-16-4-6-17(22)7-5-16/h2-9,19-20H,10-14H2,1H3. The molecule has 2 atom stereocenters. The molecule has 2 saturated heterocycles. The number of amides is 1. The molecular formula is C21H23FN2O3S. The van der Waals surface area contributed by atoms with E-state index in [1.807, 2.05) is 36.1 Å². The fourth-order valence-corrected chi connectivity index (χ4v) is 6.15. The van der Waals surface area contributed by atoms with Gasteiger partial charge in [0.25, 0.3) is 0 Å². The Morgan fingerprint density at radius 1 is 1.00 bits per heavy atom. The highest BCUT2D eigenvalue weighted by atomic mass is 32.2. The molecule has 0 saturated carbocycles. The maximum Gasteiger partial charge on any atom is 0.241 e. The van der Waals surface area contributed by atoms with Gasteiger partial charge in [-0.25, -0.2) is 12.8 Å². The lowest BCUT2D eigenvalue weighted by Crippen LogP contribution is -2.62. The molecule has 0 N–H and O–H groups in total. The molecule has 2 aliphatic rings. The van der Waals surface area contributed by atoms with Gasteiger partial charge in [-0.15, -0.1) is 0 Å². The highest BCUT2D eigenvalue weighted by molar-refractivity contribution is 7.91. The molecular weight excluding hydrogens is 379 g/mol. The number of hydrogen-bond acceptors (Lipinski definition) is 4. The molecule has 28 heavy (non-hydrogen) atoms. The fourth-order valence-electron chi connectivity index (χ4n) is 4.17. The van der Waals surface area contributed by atoms with Gasteiger partial charge in [0.15, 0.2) is 9.84 Å². The van der Waals surface area contributed by atoms with Gasteiger partial charge in [-0.3, -0.25) is 9.69 Å². The Labute approximate surface area is 164 Å². The summed E-state index contributed by atoms with van der Waals surface area (Å²) in [5.74, 6) is -0.310. The SMILES string of the molecule is Cc1ccc(N2C(=O)CN(CCc3ccc(F)cc3)C3CS(=O)(=O)CC32)cc1. The summed E-state index contributed by atoms with van der Waals surface area (Å²) in [7, 11) is -3.21. The number of hydrogen-bond donors (Lipinski definition) is 0. The predicted molar refractivity (Wildman–Crippen MR) is 107 cm³/mol. The highest BCUT2D eigenvalue weighted by Crippen LogP contribution is 2.31. The molecule has 2 fully saturated rings. The largest absolute Gasteiger partial charge is 0.306 e. The van der Waals surface area contributed by atoms with Crippen molar-refractivity contribution in [3.05, 3.63) is 65.5 Å². The lowest BCUT2D eigenvalue weighted by Gasteiger charge is -2.43. The molecule has 0 radical (unpaired) electrons. The Morgan fingerprint density at radius 2 is 1.64 bits per heavy atom. The molecule has 7 heteroatoms. The van der Waals surface area contributed by atoms with Crippen molar-refractivity contribution >= 4 is 21.4 Å². The van der Waals surface area contributed by atoms with Crippen LogP contribution in [0.25, 0.3) is 0 Å². The maximum atomic E-state index is 13.1. The van der Waals surface area contributed by atoms with Crippen LogP contribution in [-0.2, 0) is 21.1 Å². The zero-order chi connectivity index (χ0) is 19.9. The number of fused-ring (bicyclic) bond motifs is 1. The number of piperazine rings is 1. The van der Waals surface area contributed by atoms with E-state index in [0.717, 1.165) is 16.8 Å². The van der Waals surface area contributed by atoms with Gasteiger partial charge in [-0.2, -0.15) is 0 Å². The smallest absolute Gasteiger partial charge is 0.241 e. The lowest BCUT2D eigenvalue weighted by atomic mass is 10.0. The van der Waals surface area contributed by atoms with Gasteiger partial charge in [-0.05, 0) is 43.2 Å². The molecule has 4 rings (SSSR count). The molecule has 5 nitrogen and oxygen atoms in total. The average molecular weight is 402 g/mol. The third kappa shape index (κ3) is 3.82. The van der Waals surface area contributed by atoms with Crippen LogP contribution in [0.1, 0.15) is 11.1 Å². The minimum absolute atomic E-state index is 0.00959. The first-order valence-electron chi connectivity index (χ1n) is 9.40. The minimum atomic E-state index is -3.21. The first kappa shape index (κ1) is 19.1. The van der Waals surface area contributed by atoms with Crippen LogP contribution in [0.5, 0.6) is 0 Å². The molecule has 2 aromatic rings. The first-order valence-corrected chi connectivity index (χ1v) is 11.2. The van der Waals surface area contributed by atoms with Crippen molar-refractivity contribution < 1.29 is 17.6 Å². The Bertz CT molecular complexity index is 974. The molecule has 0 aromatic heterocycles. The average Bonchev–Trinajstić information content (AvgIpc) is 2.97. The molecule has 1 amide bonds. The van der Waals surface area contributed by atoms with E-state index in [9.17, 15) is 17.6 Å². The van der Waals surface area contributed by atoms with E-state index in [4.69, 9.17) is 0 Å². The number of nitrogens with zero attached hydrogens (tertiary/aromatic N) is 2. The Morgan fingerprint density at radius 3 is 2.32 bits per heavy atom. The topological polar surface area (TPSA) is 57.7 Å². The summed E-state index contributed by atoms with van der Waals surface area (Å²) in [5, 5.41) is 0. The predicted octanol–water partition coefficient (Wildman–Crippen LogP) is 2.19. The van der Waals surface area contributed by atoms with Gasteiger partial charge in [0.2, 0.25) is 5.91 Å². The highest BCUT2D eigenvalue weighted by Gasteiger charge is 2.49. The summed E-state index contributed by atoms with van der Waals surface area (Å²) in [5.41, 5.74) is 2.80. The van der Waals surface area contributed by atoms with Gasteiger partial charge in [0, 0.05) is 18.3 Å². The van der Waals surface area contributed by atoms with E-state index in [0.29, 0.717) is 13.0 Å². The number of benzene rings is 2. The number of halogens is 1. The monoisotopic (exact) mass is 402 g/mol. The minimum Gasteiger partial charge on any atom is -0.306 e. The van der Waals surface area contributed by atoms with Crippen molar-refractivity contribution in [2.45, 2.75) is 25.4 Å². The normalized spacial score (nSPS) is 24.4. The second kappa shape index (κ2) is 7.29. The van der Waals surface area contributed by atoms with E-state index < -0.39 is 9.84 Å². The third-order valence-corrected chi connectivity index (χ3v) is 7.31. The van der Waals surface area contributed by atoms with Gasteiger partial charge in [0.1, 0.15) is 5.82 Å². The summed E-state index contributed by atoms with van der Waals surface area (Å²) < 4.78 is 37.9.